The van der Waals surface area contributed by atoms with E-state index in [1.54, 1.807) is 30.2 Å². The van der Waals surface area contributed by atoms with Gasteiger partial charge in [-0.05, 0) is 55.8 Å². The molecule has 0 atom stereocenters. The molecular formula is C25H27N5OS2. The summed E-state index contributed by atoms with van der Waals surface area (Å²) in [5.41, 5.74) is 3.43. The van der Waals surface area contributed by atoms with Gasteiger partial charge >= 0.3 is 0 Å². The van der Waals surface area contributed by atoms with Crippen LogP contribution in [0.15, 0.2) is 65.1 Å². The normalized spacial score (nSPS) is 14.1. The highest BCUT2D eigenvalue weighted by Crippen LogP contribution is 2.29. The van der Waals surface area contributed by atoms with E-state index in [-0.39, 0.29) is 0 Å². The van der Waals surface area contributed by atoms with Crippen molar-refractivity contribution in [2.45, 2.75) is 36.8 Å². The zero-order chi connectivity index (χ0) is 22.5. The molecule has 5 rings (SSSR count). The van der Waals surface area contributed by atoms with Gasteiger partial charge in [0.05, 0.1) is 25.9 Å². The minimum atomic E-state index is 0.767. The summed E-state index contributed by atoms with van der Waals surface area (Å²) in [6.45, 7) is 3.94. The first kappa shape index (κ1) is 22.1. The van der Waals surface area contributed by atoms with Crippen molar-refractivity contribution in [2.24, 2.45) is 0 Å². The molecule has 0 spiro atoms. The summed E-state index contributed by atoms with van der Waals surface area (Å²) in [6, 6.07) is 18.6. The number of thioether (sulfide) groups is 1. The van der Waals surface area contributed by atoms with Crippen LogP contribution in [0.5, 0.6) is 5.75 Å². The Morgan fingerprint density at radius 3 is 2.52 bits per heavy atom. The topological polar surface area (TPSA) is 56.1 Å². The van der Waals surface area contributed by atoms with Gasteiger partial charge < -0.3 is 9.30 Å². The van der Waals surface area contributed by atoms with Gasteiger partial charge in [-0.25, -0.2) is 4.98 Å². The van der Waals surface area contributed by atoms with Gasteiger partial charge in [-0.2, -0.15) is 0 Å². The van der Waals surface area contributed by atoms with Crippen LogP contribution in [-0.4, -0.2) is 44.8 Å². The maximum atomic E-state index is 5.26. The van der Waals surface area contributed by atoms with Gasteiger partial charge in [-0.3, -0.25) is 4.90 Å². The number of hydrogen-bond donors (Lipinski definition) is 0. The molecule has 0 saturated carbocycles. The van der Waals surface area contributed by atoms with Crippen molar-refractivity contribution in [1.82, 2.24) is 24.6 Å². The quantitative estimate of drug-likeness (QED) is 0.303. The lowest BCUT2D eigenvalue weighted by atomic mass is 10.2. The standard InChI is InChI=1S/C25H27N5OS2/c1-31-22-11-9-20(10-12-22)24-26-21(17-32-24)18-33-25-28-27-23(16-29-13-5-6-14-29)30(25)15-19-7-3-2-4-8-19/h2-4,7-12,17H,5-6,13-16,18H2,1H3. The van der Waals surface area contributed by atoms with Crippen LogP contribution in [0.3, 0.4) is 0 Å². The van der Waals surface area contributed by atoms with Crippen LogP contribution in [-0.2, 0) is 18.8 Å². The van der Waals surface area contributed by atoms with E-state index < -0.39 is 0 Å². The minimum absolute atomic E-state index is 0.767. The molecule has 2 aromatic carbocycles. The van der Waals surface area contributed by atoms with Crippen LogP contribution >= 0.6 is 23.1 Å². The maximum Gasteiger partial charge on any atom is 0.191 e. The van der Waals surface area contributed by atoms with Gasteiger partial charge in [-0.1, -0.05) is 42.1 Å². The average Bonchev–Trinajstić information content (AvgIpc) is 3.62. The lowest BCUT2D eigenvalue weighted by molar-refractivity contribution is 0.316. The second kappa shape index (κ2) is 10.5. The molecule has 0 radical (unpaired) electrons. The fourth-order valence-electron chi connectivity index (χ4n) is 3.99. The van der Waals surface area contributed by atoms with E-state index in [1.807, 2.05) is 12.1 Å². The van der Waals surface area contributed by atoms with E-state index in [1.165, 1.54) is 18.4 Å². The molecule has 1 aliphatic rings. The Hall–Kier alpha value is -2.68. The number of rotatable bonds is 9. The number of hydrogen-bond acceptors (Lipinski definition) is 7. The van der Waals surface area contributed by atoms with Crippen molar-refractivity contribution in [3.8, 4) is 16.3 Å². The molecule has 4 aromatic rings. The first-order chi connectivity index (χ1) is 16.3. The molecule has 33 heavy (non-hydrogen) atoms. The molecular weight excluding hydrogens is 450 g/mol. The van der Waals surface area contributed by atoms with Gasteiger partial charge in [-0.15, -0.1) is 21.5 Å². The molecule has 0 unspecified atom stereocenters. The van der Waals surface area contributed by atoms with Gasteiger partial charge in [0.25, 0.3) is 0 Å². The molecule has 3 heterocycles. The SMILES string of the molecule is COc1ccc(-c2nc(CSc3nnc(CN4CCCC4)n3Cc3ccccc3)cs2)cc1. The highest BCUT2D eigenvalue weighted by Gasteiger charge is 2.19. The first-order valence-corrected chi connectivity index (χ1v) is 13.0. The first-order valence-electron chi connectivity index (χ1n) is 11.2. The molecule has 0 bridgehead atoms. The Morgan fingerprint density at radius 1 is 0.970 bits per heavy atom. The van der Waals surface area contributed by atoms with E-state index in [2.05, 4.69) is 67.5 Å². The largest absolute Gasteiger partial charge is 0.497 e. The molecule has 170 valence electrons. The van der Waals surface area contributed by atoms with Crippen molar-refractivity contribution in [1.29, 1.82) is 0 Å². The van der Waals surface area contributed by atoms with Crippen molar-refractivity contribution in [2.75, 3.05) is 20.2 Å². The van der Waals surface area contributed by atoms with Crippen molar-refractivity contribution >= 4 is 23.1 Å². The summed E-state index contributed by atoms with van der Waals surface area (Å²) in [4.78, 5) is 7.32. The Balaban J connectivity index is 1.31. The molecule has 1 saturated heterocycles. The monoisotopic (exact) mass is 477 g/mol. The minimum Gasteiger partial charge on any atom is -0.497 e. The van der Waals surface area contributed by atoms with E-state index in [0.29, 0.717) is 0 Å². The smallest absolute Gasteiger partial charge is 0.191 e. The third-order valence-corrected chi connectivity index (χ3v) is 7.72. The van der Waals surface area contributed by atoms with Gasteiger partial charge in [0, 0.05) is 16.7 Å². The van der Waals surface area contributed by atoms with Crippen molar-refractivity contribution in [3.63, 3.8) is 0 Å². The summed E-state index contributed by atoms with van der Waals surface area (Å²) in [7, 11) is 1.68. The number of aromatic nitrogens is 4. The zero-order valence-corrected chi connectivity index (χ0v) is 20.3. The Bertz CT molecular complexity index is 1170. The summed E-state index contributed by atoms with van der Waals surface area (Å²) in [6.07, 6.45) is 2.55. The summed E-state index contributed by atoms with van der Waals surface area (Å²) >= 11 is 3.38. The Labute approximate surface area is 202 Å². The lowest BCUT2D eigenvalue weighted by Crippen LogP contribution is -2.21. The number of likely N-dealkylation sites (tertiary alicyclic amines) is 1. The fourth-order valence-corrected chi connectivity index (χ4v) is 5.77. The summed E-state index contributed by atoms with van der Waals surface area (Å²) in [5.74, 6) is 2.66. The average molecular weight is 478 g/mol. The predicted octanol–water partition coefficient (Wildman–Crippen LogP) is 5.35. The zero-order valence-electron chi connectivity index (χ0n) is 18.7. The maximum absolute atomic E-state index is 5.26. The van der Waals surface area contributed by atoms with Crippen LogP contribution in [0.1, 0.15) is 29.9 Å². The third-order valence-electron chi connectivity index (χ3n) is 5.78. The third kappa shape index (κ3) is 5.46. The van der Waals surface area contributed by atoms with E-state index >= 15 is 0 Å². The molecule has 8 heteroatoms. The van der Waals surface area contributed by atoms with Gasteiger partial charge in [0.1, 0.15) is 16.6 Å². The molecule has 0 aliphatic carbocycles. The number of nitrogens with zero attached hydrogens (tertiary/aromatic N) is 5. The Morgan fingerprint density at radius 2 is 1.76 bits per heavy atom. The fraction of sp³-hybridized carbons (Fsp3) is 0.320. The number of benzene rings is 2. The second-order valence-electron chi connectivity index (χ2n) is 8.11. The van der Waals surface area contributed by atoms with Crippen molar-refractivity contribution in [3.05, 3.63) is 77.1 Å². The molecule has 6 nitrogen and oxygen atoms in total. The van der Waals surface area contributed by atoms with Gasteiger partial charge in [0.15, 0.2) is 5.16 Å². The van der Waals surface area contributed by atoms with Crippen molar-refractivity contribution < 1.29 is 4.74 Å². The molecule has 1 aliphatic heterocycles. The lowest BCUT2D eigenvalue weighted by Gasteiger charge is -2.16. The number of thiazole rings is 1. The Kier molecular flexibility index (Phi) is 7.04. The van der Waals surface area contributed by atoms with E-state index in [4.69, 9.17) is 9.72 Å². The molecule has 2 aromatic heterocycles. The van der Waals surface area contributed by atoms with Crippen LogP contribution in [0, 0.1) is 0 Å². The molecule has 1 fully saturated rings. The molecule has 0 N–H and O–H groups in total. The number of methoxy groups -OCH3 is 1. The highest BCUT2D eigenvalue weighted by molar-refractivity contribution is 7.98. The van der Waals surface area contributed by atoms with Crippen LogP contribution in [0.25, 0.3) is 10.6 Å². The molecule has 0 amide bonds. The van der Waals surface area contributed by atoms with Gasteiger partial charge in [0.2, 0.25) is 0 Å². The van der Waals surface area contributed by atoms with E-state index in [0.717, 1.165) is 64.9 Å². The van der Waals surface area contributed by atoms with Crippen LogP contribution < -0.4 is 4.74 Å². The predicted molar refractivity (Wildman–Crippen MR) is 134 cm³/mol. The summed E-state index contributed by atoms with van der Waals surface area (Å²) < 4.78 is 7.53. The number of ether oxygens (including phenoxy) is 1. The highest BCUT2D eigenvalue weighted by atomic mass is 32.2. The van der Waals surface area contributed by atoms with Crippen LogP contribution in [0.2, 0.25) is 0 Å². The summed E-state index contributed by atoms with van der Waals surface area (Å²) in [5, 5.41) is 13.2. The van der Waals surface area contributed by atoms with Crippen LogP contribution in [0.4, 0.5) is 0 Å². The second-order valence-corrected chi connectivity index (χ2v) is 9.92. The van der Waals surface area contributed by atoms with E-state index in [9.17, 15) is 0 Å².